The first kappa shape index (κ1) is 13.4. The Bertz CT molecular complexity index is 708. The van der Waals surface area contributed by atoms with Crippen LogP contribution >= 0.6 is 0 Å². The Labute approximate surface area is 123 Å². The highest BCUT2D eigenvalue weighted by Gasteiger charge is 2.22. The molecule has 2 aromatic carbocycles. The first-order chi connectivity index (χ1) is 10.2. The van der Waals surface area contributed by atoms with Gasteiger partial charge in [0, 0.05) is 24.2 Å². The van der Waals surface area contributed by atoms with Crippen LogP contribution in [0.5, 0.6) is 5.75 Å². The van der Waals surface area contributed by atoms with Crippen molar-refractivity contribution < 1.29 is 9.53 Å². The number of anilines is 1. The highest BCUT2D eigenvalue weighted by Crippen LogP contribution is 2.29. The summed E-state index contributed by atoms with van der Waals surface area (Å²) in [7, 11) is 3.39. The molecule has 0 radical (unpaired) electrons. The van der Waals surface area contributed by atoms with Crippen LogP contribution in [0.4, 0.5) is 5.69 Å². The van der Waals surface area contributed by atoms with Gasteiger partial charge in [-0.25, -0.2) is 0 Å². The predicted molar refractivity (Wildman–Crippen MR) is 83.4 cm³/mol. The van der Waals surface area contributed by atoms with Crippen molar-refractivity contribution in [1.82, 2.24) is 0 Å². The molecular weight excluding hydrogens is 264 g/mol. The number of ether oxygens (including phenoxy) is 1. The van der Waals surface area contributed by atoms with Crippen LogP contribution in [0.25, 0.3) is 0 Å². The van der Waals surface area contributed by atoms with Crippen LogP contribution in [-0.2, 0) is 4.79 Å². The molecule has 0 atom stereocenters. The quantitative estimate of drug-likeness (QED) is 0.848. The third kappa shape index (κ3) is 2.40. The van der Waals surface area contributed by atoms with E-state index >= 15 is 0 Å². The van der Waals surface area contributed by atoms with E-state index in [0.29, 0.717) is 0 Å². The lowest BCUT2D eigenvalue weighted by Crippen LogP contribution is -2.27. The van der Waals surface area contributed by atoms with E-state index in [1.807, 2.05) is 48.5 Å². The average molecular weight is 280 g/mol. The van der Waals surface area contributed by atoms with Crippen molar-refractivity contribution in [2.24, 2.45) is 4.99 Å². The van der Waals surface area contributed by atoms with Gasteiger partial charge in [-0.15, -0.1) is 0 Å². The molecule has 0 aromatic heterocycles. The van der Waals surface area contributed by atoms with E-state index in [0.717, 1.165) is 28.3 Å². The number of aliphatic imine (C=N–C) groups is 1. The second kappa shape index (κ2) is 5.40. The Morgan fingerprint density at radius 3 is 2.62 bits per heavy atom. The monoisotopic (exact) mass is 280 g/mol. The number of hydrogen-bond donors (Lipinski definition) is 0. The van der Waals surface area contributed by atoms with Gasteiger partial charge in [-0.2, -0.15) is 0 Å². The molecule has 4 nitrogen and oxygen atoms in total. The summed E-state index contributed by atoms with van der Waals surface area (Å²) in [6, 6.07) is 15.6. The van der Waals surface area contributed by atoms with Crippen LogP contribution in [0.1, 0.15) is 11.1 Å². The molecule has 1 amide bonds. The number of benzene rings is 2. The minimum absolute atomic E-state index is 0.0320. The lowest BCUT2D eigenvalue weighted by molar-refractivity contribution is -0.116. The molecule has 4 heteroatoms. The molecule has 1 aliphatic heterocycles. The Balaban J connectivity index is 2.20. The first-order valence-electron chi connectivity index (χ1n) is 6.75. The SMILES string of the molecule is COc1ccc2c(c1)N(C)C(=O)CN=C2c1ccccc1. The van der Waals surface area contributed by atoms with Crippen LogP contribution in [0, 0.1) is 0 Å². The van der Waals surface area contributed by atoms with Gasteiger partial charge in [-0.3, -0.25) is 9.79 Å². The maximum absolute atomic E-state index is 12.1. The van der Waals surface area contributed by atoms with Gasteiger partial charge >= 0.3 is 0 Å². The maximum atomic E-state index is 12.1. The number of rotatable bonds is 2. The van der Waals surface area contributed by atoms with E-state index in [1.165, 1.54) is 0 Å². The molecule has 2 aromatic rings. The van der Waals surface area contributed by atoms with Crippen LogP contribution in [-0.4, -0.2) is 32.3 Å². The smallest absolute Gasteiger partial charge is 0.248 e. The summed E-state index contributed by atoms with van der Waals surface area (Å²) in [4.78, 5) is 18.3. The number of nitrogens with zero attached hydrogens (tertiary/aromatic N) is 2. The predicted octanol–water partition coefficient (Wildman–Crippen LogP) is 2.51. The van der Waals surface area contributed by atoms with Gasteiger partial charge in [0.1, 0.15) is 12.3 Å². The zero-order valence-electron chi connectivity index (χ0n) is 12.0. The molecule has 0 bridgehead atoms. The standard InChI is InChI=1S/C17H16N2O2/c1-19-15-10-13(21-2)8-9-14(15)17(18-11-16(19)20)12-6-4-3-5-7-12/h3-10H,11H2,1-2H3. The van der Waals surface area contributed by atoms with Gasteiger partial charge in [-0.05, 0) is 12.1 Å². The lowest BCUT2D eigenvalue weighted by Gasteiger charge is -2.18. The molecule has 0 spiro atoms. The van der Waals surface area contributed by atoms with Gasteiger partial charge in [0.2, 0.25) is 5.91 Å². The topological polar surface area (TPSA) is 41.9 Å². The van der Waals surface area contributed by atoms with Gasteiger partial charge in [0.25, 0.3) is 0 Å². The van der Waals surface area contributed by atoms with E-state index in [9.17, 15) is 4.79 Å². The van der Waals surface area contributed by atoms with Crippen LogP contribution in [0.15, 0.2) is 53.5 Å². The van der Waals surface area contributed by atoms with Crippen LogP contribution in [0.2, 0.25) is 0 Å². The Morgan fingerprint density at radius 2 is 1.90 bits per heavy atom. The first-order valence-corrected chi connectivity index (χ1v) is 6.75. The number of benzodiazepines with no additional fused rings is 1. The summed E-state index contributed by atoms with van der Waals surface area (Å²) in [5.41, 5.74) is 3.60. The Morgan fingerprint density at radius 1 is 1.14 bits per heavy atom. The summed E-state index contributed by atoms with van der Waals surface area (Å²) in [6.45, 7) is 0.151. The fourth-order valence-electron chi connectivity index (χ4n) is 2.43. The highest BCUT2D eigenvalue weighted by atomic mass is 16.5. The van der Waals surface area contributed by atoms with Crippen molar-refractivity contribution >= 4 is 17.3 Å². The molecule has 106 valence electrons. The summed E-state index contributed by atoms with van der Waals surface area (Å²) in [5.74, 6) is 0.693. The Hall–Kier alpha value is -2.62. The van der Waals surface area contributed by atoms with Gasteiger partial charge in [0.15, 0.2) is 0 Å². The van der Waals surface area contributed by atoms with E-state index in [4.69, 9.17) is 4.74 Å². The van der Waals surface area contributed by atoms with Crippen molar-refractivity contribution in [3.8, 4) is 5.75 Å². The molecule has 3 rings (SSSR count). The second-order valence-electron chi connectivity index (χ2n) is 4.87. The zero-order valence-corrected chi connectivity index (χ0v) is 12.0. The molecule has 1 heterocycles. The Kier molecular flexibility index (Phi) is 3.44. The molecule has 0 aliphatic carbocycles. The summed E-state index contributed by atoms with van der Waals surface area (Å²) in [5, 5.41) is 0. The van der Waals surface area contributed by atoms with Gasteiger partial charge in [0.05, 0.1) is 18.5 Å². The zero-order chi connectivity index (χ0) is 14.8. The third-order valence-electron chi connectivity index (χ3n) is 3.62. The van der Waals surface area contributed by atoms with Crippen LogP contribution in [0.3, 0.4) is 0 Å². The van der Waals surface area contributed by atoms with E-state index < -0.39 is 0 Å². The summed E-state index contributed by atoms with van der Waals surface area (Å²) >= 11 is 0. The molecule has 0 N–H and O–H groups in total. The molecule has 1 aliphatic rings. The molecule has 0 fully saturated rings. The van der Waals surface area contributed by atoms with E-state index in [2.05, 4.69) is 4.99 Å². The number of carbonyl (C=O) groups is 1. The summed E-state index contributed by atoms with van der Waals surface area (Å²) in [6.07, 6.45) is 0. The van der Waals surface area contributed by atoms with Crippen molar-refractivity contribution in [1.29, 1.82) is 0 Å². The van der Waals surface area contributed by atoms with Gasteiger partial charge < -0.3 is 9.64 Å². The van der Waals surface area contributed by atoms with E-state index in [-0.39, 0.29) is 12.5 Å². The normalized spacial score (nSPS) is 14.3. The number of hydrogen-bond acceptors (Lipinski definition) is 3. The highest BCUT2D eigenvalue weighted by molar-refractivity contribution is 6.19. The largest absolute Gasteiger partial charge is 0.497 e. The number of fused-ring (bicyclic) bond motifs is 1. The second-order valence-corrected chi connectivity index (χ2v) is 4.87. The van der Waals surface area contributed by atoms with Crippen molar-refractivity contribution in [2.75, 3.05) is 25.6 Å². The molecular formula is C17H16N2O2. The lowest BCUT2D eigenvalue weighted by atomic mass is 10.00. The van der Waals surface area contributed by atoms with E-state index in [1.54, 1.807) is 19.1 Å². The molecule has 21 heavy (non-hydrogen) atoms. The fraction of sp³-hybridized carbons (Fsp3) is 0.176. The fourth-order valence-corrected chi connectivity index (χ4v) is 2.43. The maximum Gasteiger partial charge on any atom is 0.248 e. The number of amides is 1. The molecule has 0 saturated heterocycles. The third-order valence-corrected chi connectivity index (χ3v) is 3.62. The van der Waals surface area contributed by atoms with Crippen molar-refractivity contribution in [3.05, 3.63) is 59.7 Å². The average Bonchev–Trinajstić information content (AvgIpc) is 2.66. The minimum Gasteiger partial charge on any atom is -0.497 e. The van der Waals surface area contributed by atoms with Gasteiger partial charge in [-0.1, -0.05) is 30.3 Å². The number of likely N-dealkylation sites (N-methyl/N-ethyl adjacent to an activating group) is 1. The molecule has 0 saturated carbocycles. The molecule has 0 unspecified atom stereocenters. The van der Waals surface area contributed by atoms with Crippen molar-refractivity contribution in [3.63, 3.8) is 0 Å². The van der Waals surface area contributed by atoms with Crippen molar-refractivity contribution in [2.45, 2.75) is 0 Å². The number of methoxy groups -OCH3 is 1. The summed E-state index contributed by atoms with van der Waals surface area (Å²) < 4.78 is 5.27. The number of carbonyl (C=O) groups excluding carboxylic acids is 1. The minimum atomic E-state index is -0.0320. The van der Waals surface area contributed by atoms with Crippen LogP contribution < -0.4 is 9.64 Å².